The van der Waals surface area contributed by atoms with Crippen molar-refractivity contribution >= 4 is 6.09 Å². The van der Waals surface area contributed by atoms with Gasteiger partial charge in [-0.25, -0.2) is 9.18 Å². The van der Waals surface area contributed by atoms with Crippen LogP contribution in [0.5, 0.6) is 5.75 Å². The van der Waals surface area contributed by atoms with Gasteiger partial charge in [-0.2, -0.15) is 0 Å². The summed E-state index contributed by atoms with van der Waals surface area (Å²) in [5.74, 6) is 0.0529. The highest BCUT2D eigenvalue weighted by atomic mass is 19.1. The van der Waals surface area contributed by atoms with Gasteiger partial charge in [-0.05, 0) is 30.2 Å². The van der Waals surface area contributed by atoms with Gasteiger partial charge in [0.2, 0.25) is 0 Å². The van der Waals surface area contributed by atoms with Gasteiger partial charge in [0.25, 0.3) is 0 Å². The number of benzene rings is 1. The summed E-state index contributed by atoms with van der Waals surface area (Å²) < 4.78 is 18.2. The molecule has 0 spiro atoms. The fourth-order valence-electron chi connectivity index (χ4n) is 1.32. The van der Waals surface area contributed by atoms with Crippen LogP contribution in [0.25, 0.3) is 0 Å². The van der Waals surface area contributed by atoms with Crippen LogP contribution in [-0.2, 0) is 6.42 Å². The SMILES string of the molecule is O=C(O)NCCOc1ccc(F)cc1CCO. The average molecular weight is 243 g/mol. The molecule has 0 fully saturated rings. The van der Waals surface area contributed by atoms with Crippen LogP contribution in [0.15, 0.2) is 18.2 Å². The molecule has 0 saturated carbocycles. The van der Waals surface area contributed by atoms with E-state index in [1.807, 2.05) is 0 Å². The van der Waals surface area contributed by atoms with Crippen LogP contribution < -0.4 is 10.1 Å². The first-order valence-corrected chi connectivity index (χ1v) is 5.12. The number of rotatable bonds is 6. The molecule has 0 aliphatic heterocycles. The molecule has 0 aliphatic rings. The molecular weight excluding hydrogens is 229 g/mol. The smallest absolute Gasteiger partial charge is 0.404 e. The molecule has 0 unspecified atom stereocenters. The van der Waals surface area contributed by atoms with Gasteiger partial charge in [-0.15, -0.1) is 0 Å². The maximum Gasteiger partial charge on any atom is 0.404 e. The predicted octanol–water partition coefficient (Wildman–Crippen LogP) is 1.01. The van der Waals surface area contributed by atoms with Crippen LogP contribution in [-0.4, -0.2) is 36.1 Å². The summed E-state index contributed by atoms with van der Waals surface area (Å²) >= 11 is 0. The lowest BCUT2D eigenvalue weighted by Gasteiger charge is -2.10. The maximum atomic E-state index is 12.9. The molecule has 0 aromatic heterocycles. The molecule has 1 rings (SSSR count). The van der Waals surface area contributed by atoms with E-state index in [1.54, 1.807) is 0 Å². The number of nitrogens with one attached hydrogen (secondary N) is 1. The number of hydrogen-bond donors (Lipinski definition) is 3. The molecule has 0 aliphatic carbocycles. The minimum Gasteiger partial charge on any atom is -0.491 e. The van der Waals surface area contributed by atoms with Crippen molar-refractivity contribution in [3.05, 3.63) is 29.6 Å². The Hall–Kier alpha value is -1.82. The third kappa shape index (κ3) is 4.69. The van der Waals surface area contributed by atoms with E-state index in [9.17, 15) is 9.18 Å². The van der Waals surface area contributed by atoms with Crippen molar-refractivity contribution in [2.24, 2.45) is 0 Å². The van der Waals surface area contributed by atoms with Crippen molar-refractivity contribution in [3.8, 4) is 5.75 Å². The van der Waals surface area contributed by atoms with E-state index in [1.165, 1.54) is 18.2 Å². The third-order valence-electron chi connectivity index (χ3n) is 2.04. The largest absolute Gasteiger partial charge is 0.491 e. The Balaban J connectivity index is 2.54. The minimum absolute atomic E-state index is 0.104. The second kappa shape index (κ2) is 6.70. The summed E-state index contributed by atoms with van der Waals surface area (Å²) in [5.41, 5.74) is 0.558. The number of aliphatic hydroxyl groups is 1. The van der Waals surface area contributed by atoms with E-state index in [4.69, 9.17) is 14.9 Å². The summed E-state index contributed by atoms with van der Waals surface area (Å²) in [6.07, 6.45) is -0.831. The topological polar surface area (TPSA) is 78.8 Å². The highest BCUT2D eigenvalue weighted by Gasteiger charge is 2.05. The quantitative estimate of drug-likeness (QED) is 0.651. The number of hydrogen-bond acceptors (Lipinski definition) is 3. The number of aliphatic hydroxyl groups excluding tert-OH is 1. The summed E-state index contributed by atoms with van der Waals surface area (Å²) in [4.78, 5) is 10.2. The summed E-state index contributed by atoms with van der Waals surface area (Å²) in [6, 6.07) is 4.00. The monoisotopic (exact) mass is 243 g/mol. The van der Waals surface area contributed by atoms with Crippen LogP contribution in [0, 0.1) is 5.82 Å². The fourth-order valence-corrected chi connectivity index (χ4v) is 1.32. The lowest BCUT2D eigenvalue weighted by molar-refractivity contribution is 0.191. The molecule has 0 atom stereocenters. The molecule has 1 aromatic carbocycles. The highest BCUT2D eigenvalue weighted by molar-refractivity contribution is 5.64. The molecule has 0 radical (unpaired) electrons. The molecule has 0 heterocycles. The molecule has 6 heteroatoms. The van der Waals surface area contributed by atoms with E-state index in [2.05, 4.69) is 5.32 Å². The fraction of sp³-hybridized carbons (Fsp3) is 0.364. The number of carboxylic acid groups (broad SMARTS) is 1. The van der Waals surface area contributed by atoms with Crippen LogP contribution in [0.2, 0.25) is 0 Å². The Morgan fingerprint density at radius 1 is 1.47 bits per heavy atom. The number of amides is 1. The van der Waals surface area contributed by atoms with E-state index in [0.717, 1.165) is 0 Å². The zero-order valence-electron chi connectivity index (χ0n) is 9.15. The molecular formula is C11H14FNO4. The lowest BCUT2D eigenvalue weighted by Crippen LogP contribution is -2.26. The zero-order chi connectivity index (χ0) is 12.7. The van der Waals surface area contributed by atoms with Crippen LogP contribution >= 0.6 is 0 Å². The first-order chi connectivity index (χ1) is 8.13. The Kier molecular flexibility index (Phi) is 5.22. The second-order valence-electron chi connectivity index (χ2n) is 3.31. The molecule has 94 valence electrons. The van der Waals surface area contributed by atoms with Crippen molar-refractivity contribution in [3.63, 3.8) is 0 Å². The molecule has 5 nitrogen and oxygen atoms in total. The normalized spacial score (nSPS) is 10.0. The predicted molar refractivity (Wildman–Crippen MR) is 58.7 cm³/mol. The summed E-state index contributed by atoms with van der Waals surface area (Å²) in [7, 11) is 0. The average Bonchev–Trinajstić information content (AvgIpc) is 2.27. The highest BCUT2D eigenvalue weighted by Crippen LogP contribution is 2.19. The number of carbonyl (C=O) groups is 1. The second-order valence-corrected chi connectivity index (χ2v) is 3.31. The maximum absolute atomic E-state index is 12.9. The van der Waals surface area contributed by atoms with Crippen molar-refractivity contribution in [1.29, 1.82) is 0 Å². The van der Waals surface area contributed by atoms with Gasteiger partial charge in [0.05, 0.1) is 6.54 Å². The van der Waals surface area contributed by atoms with Crippen molar-refractivity contribution in [1.82, 2.24) is 5.32 Å². The number of halogens is 1. The Morgan fingerprint density at radius 2 is 2.24 bits per heavy atom. The van der Waals surface area contributed by atoms with Gasteiger partial charge in [0, 0.05) is 6.61 Å². The number of ether oxygens (including phenoxy) is 1. The minimum atomic E-state index is -1.12. The van der Waals surface area contributed by atoms with Gasteiger partial charge < -0.3 is 20.3 Å². The van der Waals surface area contributed by atoms with Crippen LogP contribution in [0.1, 0.15) is 5.56 Å². The third-order valence-corrected chi connectivity index (χ3v) is 2.04. The summed E-state index contributed by atoms with van der Waals surface area (Å²) in [6.45, 7) is 0.189. The Labute approximate surface area is 97.8 Å². The van der Waals surface area contributed by atoms with Gasteiger partial charge >= 0.3 is 6.09 Å². The van der Waals surface area contributed by atoms with E-state index >= 15 is 0 Å². The standard InChI is InChI=1S/C11H14FNO4/c12-9-1-2-10(8(7-9)3-5-14)17-6-4-13-11(15)16/h1-2,7,13-14H,3-6H2,(H,15,16). The Bertz CT molecular complexity index is 384. The lowest BCUT2D eigenvalue weighted by atomic mass is 10.1. The molecule has 0 saturated heterocycles. The molecule has 17 heavy (non-hydrogen) atoms. The van der Waals surface area contributed by atoms with Gasteiger partial charge in [0.15, 0.2) is 0 Å². The zero-order valence-corrected chi connectivity index (χ0v) is 9.15. The molecule has 1 amide bonds. The summed E-state index contributed by atoms with van der Waals surface area (Å²) in [5, 5.41) is 19.3. The first kappa shape index (κ1) is 13.2. The Morgan fingerprint density at radius 3 is 2.88 bits per heavy atom. The van der Waals surface area contributed by atoms with E-state index in [0.29, 0.717) is 17.7 Å². The molecule has 1 aromatic rings. The van der Waals surface area contributed by atoms with Gasteiger partial charge in [0.1, 0.15) is 18.2 Å². The first-order valence-electron chi connectivity index (χ1n) is 5.12. The van der Waals surface area contributed by atoms with Gasteiger partial charge in [-0.1, -0.05) is 0 Å². The van der Waals surface area contributed by atoms with Crippen molar-refractivity contribution < 1.29 is 24.1 Å². The van der Waals surface area contributed by atoms with Crippen molar-refractivity contribution in [2.45, 2.75) is 6.42 Å². The van der Waals surface area contributed by atoms with Crippen molar-refractivity contribution in [2.75, 3.05) is 19.8 Å². The van der Waals surface area contributed by atoms with Crippen LogP contribution in [0.3, 0.4) is 0 Å². The molecule has 0 bridgehead atoms. The van der Waals surface area contributed by atoms with E-state index < -0.39 is 11.9 Å². The van der Waals surface area contributed by atoms with Gasteiger partial charge in [-0.3, -0.25) is 0 Å². The molecule has 3 N–H and O–H groups in total. The van der Waals surface area contributed by atoms with E-state index in [-0.39, 0.29) is 19.8 Å². The van der Waals surface area contributed by atoms with Crippen LogP contribution in [0.4, 0.5) is 9.18 Å².